The summed E-state index contributed by atoms with van der Waals surface area (Å²) in [5.74, 6) is -1.13. The first-order chi connectivity index (χ1) is 15.4. The Bertz CT molecular complexity index is 1080. The summed E-state index contributed by atoms with van der Waals surface area (Å²) >= 11 is 1.34. The minimum absolute atomic E-state index is 0.143. The van der Waals surface area contributed by atoms with Gasteiger partial charge >= 0.3 is 0 Å². The number of hydrogen-bond acceptors (Lipinski definition) is 8. The maximum atomic E-state index is 13.0. The van der Waals surface area contributed by atoms with Crippen LogP contribution < -0.4 is 15.8 Å². The van der Waals surface area contributed by atoms with Gasteiger partial charge < -0.3 is 9.64 Å². The second-order valence-corrected chi connectivity index (χ2v) is 10.4. The number of morpholine rings is 1. The summed E-state index contributed by atoms with van der Waals surface area (Å²) in [5.41, 5.74) is 5.85. The normalized spacial score (nSPS) is 19.7. The zero-order valence-corrected chi connectivity index (χ0v) is 19.2. The molecular weight excluding hydrogens is 454 g/mol. The van der Waals surface area contributed by atoms with Crippen LogP contribution in [0.1, 0.15) is 28.9 Å². The maximum absolute atomic E-state index is 13.0. The number of anilines is 1. The van der Waals surface area contributed by atoms with Gasteiger partial charge in [0.2, 0.25) is 10.0 Å². The summed E-state index contributed by atoms with van der Waals surface area (Å²) in [5, 5.41) is 2.34. The Morgan fingerprint density at radius 3 is 2.56 bits per heavy atom. The molecule has 1 aromatic heterocycles. The molecule has 2 saturated heterocycles. The topological polar surface area (TPSA) is 121 Å². The Balaban J connectivity index is 1.37. The monoisotopic (exact) mass is 479 g/mol. The van der Waals surface area contributed by atoms with E-state index in [2.05, 4.69) is 15.8 Å². The van der Waals surface area contributed by atoms with Gasteiger partial charge in [-0.1, -0.05) is 17.7 Å². The smallest absolute Gasteiger partial charge is 0.289 e. The molecule has 0 saturated carbocycles. The Hall–Kier alpha value is -2.54. The zero-order chi connectivity index (χ0) is 22.7. The number of thiazole rings is 1. The van der Waals surface area contributed by atoms with E-state index in [4.69, 9.17) is 4.74 Å². The summed E-state index contributed by atoms with van der Waals surface area (Å²) in [6.07, 6.45) is 0.941. The van der Waals surface area contributed by atoms with Crippen molar-refractivity contribution in [2.75, 3.05) is 37.7 Å². The fourth-order valence-electron chi connectivity index (χ4n) is 3.67. The number of nitrogens with one attached hydrogen (secondary N) is 2. The lowest BCUT2D eigenvalue weighted by Gasteiger charge is -2.26. The van der Waals surface area contributed by atoms with Crippen LogP contribution in [0.25, 0.3) is 0 Å². The second-order valence-electron chi connectivity index (χ2n) is 7.64. The van der Waals surface area contributed by atoms with Crippen molar-refractivity contribution in [3.8, 4) is 0 Å². The number of nitrogens with zero attached hydrogens (tertiary/aromatic N) is 3. The van der Waals surface area contributed by atoms with E-state index in [-0.39, 0.29) is 17.1 Å². The molecule has 172 valence electrons. The molecule has 2 amide bonds. The molecule has 0 unspecified atom stereocenters. The number of ether oxygens (including phenoxy) is 1. The van der Waals surface area contributed by atoms with Crippen LogP contribution in [0.4, 0.5) is 5.13 Å². The molecule has 0 aliphatic carbocycles. The lowest BCUT2D eigenvalue weighted by atomic mass is 10.2. The number of carbonyl (C=O) groups excluding carboxylic acids is 2. The third-order valence-electron chi connectivity index (χ3n) is 5.44. The van der Waals surface area contributed by atoms with Crippen molar-refractivity contribution in [1.29, 1.82) is 0 Å². The number of aryl methyl sites for hydroxylation is 1. The van der Waals surface area contributed by atoms with Gasteiger partial charge in [-0.05, 0) is 31.9 Å². The van der Waals surface area contributed by atoms with Crippen molar-refractivity contribution < 1.29 is 22.7 Å². The molecule has 3 heterocycles. The molecule has 2 aromatic rings. The number of rotatable bonds is 5. The van der Waals surface area contributed by atoms with Crippen molar-refractivity contribution in [3.05, 3.63) is 40.9 Å². The molecule has 32 heavy (non-hydrogen) atoms. The Morgan fingerprint density at radius 1 is 1.12 bits per heavy atom. The van der Waals surface area contributed by atoms with Gasteiger partial charge in [0.25, 0.3) is 11.8 Å². The van der Waals surface area contributed by atoms with Crippen LogP contribution in [0, 0.1) is 6.92 Å². The highest BCUT2D eigenvalue weighted by atomic mass is 32.2. The van der Waals surface area contributed by atoms with E-state index >= 15 is 0 Å². The lowest BCUT2D eigenvalue weighted by Crippen LogP contribution is -2.51. The number of hydrogen-bond donors (Lipinski definition) is 2. The van der Waals surface area contributed by atoms with Crippen molar-refractivity contribution in [2.24, 2.45) is 0 Å². The number of carbonyl (C=O) groups is 2. The van der Waals surface area contributed by atoms with Crippen molar-refractivity contribution in [1.82, 2.24) is 20.1 Å². The highest BCUT2D eigenvalue weighted by Crippen LogP contribution is 2.26. The summed E-state index contributed by atoms with van der Waals surface area (Å²) in [6, 6.07) is 5.62. The van der Waals surface area contributed by atoms with Crippen LogP contribution in [0.5, 0.6) is 0 Å². The number of hydrazine groups is 1. The first-order valence-electron chi connectivity index (χ1n) is 10.3. The summed E-state index contributed by atoms with van der Waals surface area (Å²) < 4.78 is 32.5. The zero-order valence-electron chi connectivity index (χ0n) is 17.6. The van der Waals surface area contributed by atoms with E-state index in [1.807, 2.05) is 11.8 Å². The van der Waals surface area contributed by atoms with E-state index < -0.39 is 27.9 Å². The minimum Gasteiger partial charge on any atom is -0.378 e. The molecule has 0 radical (unpaired) electrons. The fraction of sp³-hybridized carbons (Fsp3) is 0.450. The SMILES string of the molecule is Cc1ccc(S(=O)(=O)N2CCC[C@H]2C(=O)NNC(=O)c2csc(N3CCOCC3)n2)cc1. The van der Waals surface area contributed by atoms with Gasteiger partial charge in [0, 0.05) is 25.0 Å². The van der Waals surface area contributed by atoms with Crippen LogP contribution in [0.3, 0.4) is 0 Å². The van der Waals surface area contributed by atoms with Crippen LogP contribution >= 0.6 is 11.3 Å². The highest BCUT2D eigenvalue weighted by molar-refractivity contribution is 7.89. The van der Waals surface area contributed by atoms with Gasteiger partial charge in [-0.3, -0.25) is 20.4 Å². The van der Waals surface area contributed by atoms with Crippen LogP contribution in [0.15, 0.2) is 34.5 Å². The molecular formula is C20H25N5O5S2. The van der Waals surface area contributed by atoms with Gasteiger partial charge in [-0.2, -0.15) is 4.31 Å². The molecule has 0 spiro atoms. The predicted molar refractivity (Wildman–Crippen MR) is 119 cm³/mol. The standard InChI is InChI=1S/C20H25N5O5S2/c1-14-4-6-15(7-5-14)32(28,29)25-8-2-3-17(25)19(27)23-22-18(26)16-13-31-20(21-16)24-9-11-30-12-10-24/h4-7,13,17H,2-3,8-12H2,1H3,(H,22,26)(H,23,27)/t17-/m0/s1. The lowest BCUT2D eigenvalue weighted by molar-refractivity contribution is -0.125. The van der Waals surface area contributed by atoms with E-state index in [1.165, 1.54) is 27.8 Å². The summed E-state index contributed by atoms with van der Waals surface area (Å²) in [6.45, 7) is 4.76. The fourth-order valence-corrected chi connectivity index (χ4v) is 6.19. The highest BCUT2D eigenvalue weighted by Gasteiger charge is 2.39. The third kappa shape index (κ3) is 4.77. The number of benzene rings is 1. The van der Waals surface area contributed by atoms with Crippen molar-refractivity contribution in [2.45, 2.75) is 30.7 Å². The molecule has 2 aliphatic heterocycles. The Morgan fingerprint density at radius 2 is 1.84 bits per heavy atom. The molecule has 2 fully saturated rings. The molecule has 4 rings (SSSR count). The maximum Gasteiger partial charge on any atom is 0.289 e. The number of aromatic nitrogens is 1. The quantitative estimate of drug-likeness (QED) is 0.611. The predicted octanol–water partition coefficient (Wildman–Crippen LogP) is 0.902. The van der Waals surface area contributed by atoms with Gasteiger partial charge in [0.1, 0.15) is 11.7 Å². The van der Waals surface area contributed by atoms with Gasteiger partial charge in [-0.15, -0.1) is 11.3 Å². The number of sulfonamides is 1. The number of amides is 2. The molecule has 12 heteroatoms. The Kier molecular flexibility index (Phi) is 6.74. The van der Waals surface area contributed by atoms with Crippen molar-refractivity contribution >= 4 is 38.3 Å². The van der Waals surface area contributed by atoms with Crippen LogP contribution in [0.2, 0.25) is 0 Å². The van der Waals surface area contributed by atoms with E-state index in [9.17, 15) is 18.0 Å². The van der Waals surface area contributed by atoms with Gasteiger partial charge in [0.15, 0.2) is 5.13 Å². The molecule has 1 aromatic carbocycles. The van der Waals surface area contributed by atoms with E-state index in [1.54, 1.807) is 17.5 Å². The van der Waals surface area contributed by atoms with E-state index in [0.717, 1.165) is 10.7 Å². The average molecular weight is 480 g/mol. The first kappa shape index (κ1) is 22.6. The average Bonchev–Trinajstić information content (AvgIpc) is 3.49. The second kappa shape index (κ2) is 9.53. The van der Waals surface area contributed by atoms with E-state index in [0.29, 0.717) is 39.1 Å². The molecule has 0 bridgehead atoms. The third-order valence-corrected chi connectivity index (χ3v) is 8.26. The van der Waals surface area contributed by atoms with Gasteiger partial charge in [0.05, 0.1) is 18.1 Å². The van der Waals surface area contributed by atoms with Crippen LogP contribution in [-0.4, -0.2) is 68.4 Å². The van der Waals surface area contributed by atoms with Crippen molar-refractivity contribution in [3.63, 3.8) is 0 Å². The van der Waals surface area contributed by atoms with Gasteiger partial charge in [-0.25, -0.2) is 13.4 Å². The minimum atomic E-state index is -3.82. The largest absolute Gasteiger partial charge is 0.378 e. The molecule has 2 aliphatic rings. The molecule has 10 nitrogen and oxygen atoms in total. The Labute approximate surface area is 190 Å². The first-order valence-corrected chi connectivity index (χ1v) is 12.6. The summed E-state index contributed by atoms with van der Waals surface area (Å²) in [7, 11) is -3.82. The molecule has 2 N–H and O–H groups in total. The molecule has 1 atom stereocenters. The van der Waals surface area contributed by atoms with Crippen LogP contribution in [-0.2, 0) is 19.6 Å². The summed E-state index contributed by atoms with van der Waals surface area (Å²) in [4.78, 5) is 31.7.